The Morgan fingerprint density at radius 1 is 1.18 bits per heavy atom. The molecule has 0 saturated heterocycles. The summed E-state index contributed by atoms with van der Waals surface area (Å²) >= 11 is 0. The average Bonchev–Trinajstić information content (AvgIpc) is 2.38. The van der Waals surface area contributed by atoms with Crippen LogP contribution in [0.2, 0.25) is 0 Å². The summed E-state index contributed by atoms with van der Waals surface area (Å²) in [5.74, 6) is 0. The van der Waals surface area contributed by atoms with Gasteiger partial charge in [0.15, 0.2) is 0 Å². The molecule has 0 radical (unpaired) electrons. The highest BCUT2D eigenvalue weighted by molar-refractivity contribution is 6.04. The minimum Gasteiger partial charge on any atom is -0.321 e. The van der Waals surface area contributed by atoms with Gasteiger partial charge in [-0.2, -0.15) is 5.26 Å². The molecule has 17 heavy (non-hydrogen) atoms. The van der Waals surface area contributed by atoms with Crippen molar-refractivity contribution in [2.45, 2.75) is 0 Å². The van der Waals surface area contributed by atoms with Gasteiger partial charge in [0, 0.05) is 23.2 Å². The van der Waals surface area contributed by atoms with Gasteiger partial charge in [-0.3, -0.25) is 9.78 Å². The summed E-state index contributed by atoms with van der Waals surface area (Å²) in [7, 11) is 0. The van der Waals surface area contributed by atoms with Gasteiger partial charge in [0.1, 0.15) is 0 Å². The van der Waals surface area contributed by atoms with E-state index in [1.807, 2.05) is 12.1 Å². The van der Waals surface area contributed by atoms with E-state index in [4.69, 9.17) is 5.26 Å². The van der Waals surface area contributed by atoms with E-state index in [1.54, 1.807) is 30.6 Å². The van der Waals surface area contributed by atoms with E-state index < -0.39 is 0 Å². The van der Waals surface area contributed by atoms with E-state index >= 15 is 0 Å². The Labute approximate surface area is 96.2 Å². The maximum Gasteiger partial charge on any atom is 0.256 e. The van der Waals surface area contributed by atoms with Crippen molar-refractivity contribution in [3.05, 3.63) is 52.6 Å². The number of pyridine rings is 2. The van der Waals surface area contributed by atoms with Crippen molar-refractivity contribution < 1.29 is 0 Å². The van der Waals surface area contributed by atoms with Crippen LogP contribution in [0, 0.1) is 11.3 Å². The van der Waals surface area contributed by atoms with Crippen molar-refractivity contribution >= 4 is 21.7 Å². The number of aromatic amines is 1. The second-order valence-corrected chi connectivity index (χ2v) is 3.75. The molecule has 0 amide bonds. The van der Waals surface area contributed by atoms with Gasteiger partial charge < -0.3 is 4.98 Å². The van der Waals surface area contributed by atoms with Crippen LogP contribution in [-0.4, -0.2) is 9.97 Å². The van der Waals surface area contributed by atoms with E-state index in [9.17, 15) is 4.79 Å². The number of H-pyrrole nitrogens is 1. The molecule has 0 atom stereocenters. The van der Waals surface area contributed by atoms with E-state index in [2.05, 4.69) is 9.97 Å². The quantitative estimate of drug-likeness (QED) is 0.590. The SMILES string of the molecule is N#Cc1ccc2c(c1)[nH]c(=O)c1ccncc12. The third-order valence-corrected chi connectivity index (χ3v) is 2.75. The van der Waals surface area contributed by atoms with Gasteiger partial charge in [0.25, 0.3) is 5.56 Å². The van der Waals surface area contributed by atoms with Crippen molar-refractivity contribution in [1.29, 1.82) is 5.26 Å². The largest absolute Gasteiger partial charge is 0.321 e. The number of aromatic nitrogens is 2. The fraction of sp³-hybridized carbons (Fsp3) is 0. The molecule has 4 heteroatoms. The maximum atomic E-state index is 11.8. The number of rotatable bonds is 0. The van der Waals surface area contributed by atoms with E-state index in [-0.39, 0.29) is 5.56 Å². The first-order valence-corrected chi connectivity index (χ1v) is 5.09. The summed E-state index contributed by atoms with van der Waals surface area (Å²) in [5.41, 5.74) is 1.02. The van der Waals surface area contributed by atoms with Crippen molar-refractivity contribution in [2.24, 2.45) is 0 Å². The van der Waals surface area contributed by atoms with Gasteiger partial charge in [-0.1, -0.05) is 6.07 Å². The molecule has 2 heterocycles. The van der Waals surface area contributed by atoms with Crippen LogP contribution in [0.4, 0.5) is 0 Å². The molecule has 3 aromatic rings. The maximum absolute atomic E-state index is 11.8. The highest BCUT2D eigenvalue weighted by Gasteiger charge is 2.05. The highest BCUT2D eigenvalue weighted by Crippen LogP contribution is 2.20. The van der Waals surface area contributed by atoms with E-state index in [1.165, 1.54) is 0 Å². The molecular formula is C13H7N3O. The molecule has 1 N–H and O–H groups in total. The Morgan fingerprint density at radius 2 is 2.06 bits per heavy atom. The molecule has 0 bridgehead atoms. The lowest BCUT2D eigenvalue weighted by Gasteiger charge is -2.02. The van der Waals surface area contributed by atoms with Crippen molar-refractivity contribution in [3.63, 3.8) is 0 Å². The Bertz CT molecular complexity index is 827. The van der Waals surface area contributed by atoms with E-state index in [0.717, 1.165) is 10.8 Å². The zero-order chi connectivity index (χ0) is 11.8. The van der Waals surface area contributed by atoms with Crippen LogP contribution in [-0.2, 0) is 0 Å². The van der Waals surface area contributed by atoms with Crippen LogP contribution in [0.15, 0.2) is 41.5 Å². The molecule has 0 aliphatic rings. The topological polar surface area (TPSA) is 69.5 Å². The van der Waals surface area contributed by atoms with Crippen molar-refractivity contribution in [2.75, 3.05) is 0 Å². The summed E-state index contributed by atoms with van der Waals surface area (Å²) in [6.45, 7) is 0. The molecule has 0 aliphatic heterocycles. The fourth-order valence-electron chi connectivity index (χ4n) is 1.95. The van der Waals surface area contributed by atoms with E-state index in [0.29, 0.717) is 16.5 Å². The van der Waals surface area contributed by atoms with Gasteiger partial charge in [-0.05, 0) is 18.2 Å². The first kappa shape index (κ1) is 9.55. The van der Waals surface area contributed by atoms with Crippen LogP contribution in [0.1, 0.15) is 5.56 Å². The standard InChI is InChI=1S/C13H7N3O/c14-6-8-1-2-9-11-7-15-4-3-10(11)13(17)16-12(9)5-8/h1-5,7H,(H,16,17). The molecule has 3 rings (SSSR count). The Morgan fingerprint density at radius 3 is 2.88 bits per heavy atom. The van der Waals surface area contributed by atoms with Gasteiger partial charge in [0.2, 0.25) is 0 Å². The monoisotopic (exact) mass is 221 g/mol. The third-order valence-electron chi connectivity index (χ3n) is 2.75. The predicted octanol–water partition coefficient (Wildman–Crippen LogP) is 1.95. The van der Waals surface area contributed by atoms with Crippen LogP contribution < -0.4 is 5.56 Å². The second-order valence-electron chi connectivity index (χ2n) is 3.75. The average molecular weight is 221 g/mol. The second kappa shape index (κ2) is 3.42. The van der Waals surface area contributed by atoms with Gasteiger partial charge >= 0.3 is 0 Å². The normalized spacial score (nSPS) is 10.5. The van der Waals surface area contributed by atoms with Gasteiger partial charge in [-0.25, -0.2) is 0 Å². The first-order valence-electron chi connectivity index (χ1n) is 5.09. The number of nitrogens with one attached hydrogen (secondary N) is 1. The van der Waals surface area contributed by atoms with Crippen LogP contribution in [0.25, 0.3) is 21.7 Å². The predicted molar refractivity (Wildman–Crippen MR) is 64.6 cm³/mol. The lowest BCUT2D eigenvalue weighted by atomic mass is 10.1. The number of nitrogens with zero attached hydrogens (tertiary/aromatic N) is 2. The van der Waals surface area contributed by atoms with Crippen LogP contribution in [0.3, 0.4) is 0 Å². The summed E-state index contributed by atoms with van der Waals surface area (Å²) in [6, 6.07) is 8.96. The van der Waals surface area contributed by atoms with Crippen LogP contribution in [0.5, 0.6) is 0 Å². The van der Waals surface area contributed by atoms with Crippen molar-refractivity contribution in [1.82, 2.24) is 9.97 Å². The molecule has 80 valence electrons. The summed E-state index contributed by atoms with van der Waals surface area (Å²) in [4.78, 5) is 18.6. The zero-order valence-electron chi connectivity index (χ0n) is 8.77. The number of hydrogen-bond acceptors (Lipinski definition) is 3. The summed E-state index contributed by atoms with van der Waals surface area (Å²) < 4.78 is 0. The van der Waals surface area contributed by atoms with Crippen LogP contribution >= 0.6 is 0 Å². The first-order chi connectivity index (χ1) is 8.29. The highest BCUT2D eigenvalue weighted by atomic mass is 16.1. The molecule has 0 saturated carbocycles. The summed E-state index contributed by atoms with van der Waals surface area (Å²) in [5, 5.41) is 11.1. The number of benzene rings is 1. The molecule has 2 aromatic heterocycles. The number of hydrogen-bond donors (Lipinski definition) is 1. The molecule has 0 fully saturated rings. The molecule has 0 spiro atoms. The van der Waals surface area contributed by atoms with Gasteiger partial charge in [-0.15, -0.1) is 0 Å². The fourth-order valence-corrected chi connectivity index (χ4v) is 1.95. The molecule has 4 nitrogen and oxygen atoms in total. The minimum atomic E-state index is -0.162. The minimum absolute atomic E-state index is 0.162. The lowest BCUT2D eigenvalue weighted by Crippen LogP contribution is -2.06. The van der Waals surface area contributed by atoms with Gasteiger partial charge in [0.05, 0.1) is 22.5 Å². The number of fused-ring (bicyclic) bond motifs is 3. The lowest BCUT2D eigenvalue weighted by molar-refractivity contribution is 1.31. The molecule has 0 unspecified atom stereocenters. The third kappa shape index (κ3) is 1.37. The molecular weight excluding hydrogens is 214 g/mol. The zero-order valence-corrected chi connectivity index (χ0v) is 8.77. The van der Waals surface area contributed by atoms with Crippen molar-refractivity contribution in [3.8, 4) is 6.07 Å². The smallest absolute Gasteiger partial charge is 0.256 e. The Kier molecular flexibility index (Phi) is 1.92. The number of nitriles is 1. The summed E-state index contributed by atoms with van der Waals surface area (Å²) in [6.07, 6.45) is 3.26. The Balaban J connectivity index is 2.58. The molecule has 0 aliphatic carbocycles. The molecule has 1 aromatic carbocycles. The Hall–Kier alpha value is -2.67.